The number of hydrogen-bond donors (Lipinski definition) is 3. The summed E-state index contributed by atoms with van der Waals surface area (Å²) in [5.74, 6) is -0.452. The van der Waals surface area contributed by atoms with Crippen LogP contribution in [0.5, 0.6) is 0 Å². The molecular weight excluding hydrogens is 1330 g/mol. The maximum Gasteiger partial charge on any atom is 0.472 e. The molecule has 0 aromatic rings. The van der Waals surface area contributed by atoms with E-state index >= 15 is 0 Å². The van der Waals surface area contributed by atoms with Gasteiger partial charge in [0.15, 0.2) is 12.2 Å². The summed E-state index contributed by atoms with van der Waals surface area (Å²) in [6.45, 7) is 9.69. The summed E-state index contributed by atoms with van der Waals surface area (Å²) in [6.07, 6.45) is 65.4. The number of phosphoric ester groups is 2. The number of carbonyl (C=O) groups excluding carboxylic acids is 4. The summed E-state index contributed by atoms with van der Waals surface area (Å²) < 4.78 is 68.7. The van der Waals surface area contributed by atoms with E-state index in [0.29, 0.717) is 25.7 Å². The van der Waals surface area contributed by atoms with Crippen LogP contribution in [0.4, 0.5) is 0 Å². The molecule has 0 heterocycles. The van der Waals surface area contributed by atoms with E-state index in [-0.39, 0.29) is 25.7 Å². The molecule has 0 bridgehead atoms. The van der Waals surface area contributed by atoms with E-state index in [4.69, 9.17) is 37.0 Å². The smallest absolute Gasteiger partial charge is 0.462 e. The van der Waals surface area contributed by atoms with Crippen molar-refractivity contribution in [1.82, 2.24) is 0 Å². The molecule has 19 heteroatoms. The average Bonchev–Trinajstić information content (AvgIpc) is 0.919. The normalized spacial score (nSPS) is 14.1. The fourth-order valence-electron chi connectivity index (χ4n) is 12.9. The minimum atomic E-state index is -4.96. The molecule has 6 atom stereocenters. The predicted molar refractivity (Wildman–Crippen MR) is 418 cm³/mol. The Labute approximate surface area is 626 Å². The third-order valence-electron chi connectivity index (χ3n) is 19.8. The van der Waals surface area contributed by atoms with Gasteiger partial charge in [-0.1, -0.05) is 388 Å². The highest BCUT2D eigenvalue weighted by Gasteiger charge is 2.30. The van der Waals surface area contributed by atoms with Gasteiger partial charge in [0, 0.05) is 25.7 Å². The third kappa shape index (κ3) is 74.9. The Kier molecular flexibility index (Phi) is 73.1. The second-order valence-electron chi connectivity index (χ2n) is 30.6. The topological polar surface area (TPSA) is 237 Å². The minimum Gasteiger partial charge on any atom is -0.462 e. The van der Waals surface area contributed by atoms with Crippen LogP contribution in [0.1, 0.15) is 440 Å². The van der Waals surface area contributed by atoms with Gasteiger partial charge in [-0.2, -0.15) is 0 Å². The number of unbranched alkanes of at least 4 members (excludes halogenated alkanes) is 51. The first-order valence-electron chi connectivity index (χ1n) is 43.0. The second kappa shape index (κ2) is 74.5. The largest absolute Gasteiger partial charge is 0.472 e. The number of rotatable bonds is 82. The van der Waals surface area contributed by atoms with Crippen LogP contribution in [0.15, 0.2) is 0 Å². The second-order valence-corrected chi connectivity index (χ2v) is 33.5. The van der Waals surface area contributed by atoms with Gasteiger partial charge in [0.05, 0.1) is 26.4 Å². The van der Waals surface area contributed by atoms with Crippen molar-refractivity contribution in [2.75, 3.05) is 39.6 Å². The van der Waals surface area contributed by atoms with Crippen LogP contribution >= 0.6 is 15.6 Å². The van der Waals surface area contributed by atoms with Crippen molar-refractivity contribution in [3.8, 4) is 0 Å². The zero-order chi connectivity index (χ0) is 74.9. The number of aliphatic hydroxyl groups excluding tert-OH is 1. The summed E-state index contributed by atoms with van der Waals surface area (Å²) in [5, 5.41) is 10.6. The lowest BCUT2D eigenvalue weighted by molar-refractivity contribution is -0.161. The zero-order valence-electron chi connectivity index (χ0n) is 66.9. The first-order chi connectivity index (χ1) is 49.4. The van der Waals surface area contributed by atoms with Crippen LogP contribution in [-0.2, 0) is 65.4 Å². The van der Waals surface area contributed by atoms with E-state index in [0.717, 1.165) is 115 Å². The molecule has 606 valence electrons. The van der Waals surface area contributed by atoms with E-state index in [2.05, 4.69) is 41.5 Å². The summed E-state index contributed by atoms with van der Waals surface area (Å²) in [6, 6.07) is 0. The van der Waals surface area contributed by atoms with Crippen molar-refractivity contribution in [2.24, 2.45) is 11.8 Å². The highest BCUT2D eigenvalue weighted by Crippen LogP contribution is 2.45. The quantitative estimate of drug-likeness (QED) is 0.0222. The van der Waals surface area contributed by atoms with Crippen LogP contribution in [0, 0.1) is 11.8 Å². The van der Waals surface area contributed by atoms with Crippen molar-refractivity contribution in [1.29, 1.82) is 0 Å². The summed E-state index contributed by atoms with van der Waals surface area (Å²) >= 11 is 0. The Morgan fingerprint density at radius 3 is 0.745 bits per heavy atom. The molecule has 0 saturated carbocycles. The van der Waals surface area contributed by atoms with E-state index < -0.39 is 97.5 Å². The molecule has 3 unspecified atom stereocenters. The first-order valence-corrected chi connectivity index (χ1v) is 46.0. The SMILES string of the molecule is CCCCCCCCCCCCCCCCCCCC(=O)OC[C@H](COP(=O)(O)OC[C@@H](O)COP(=O)(O)OC[C@@H](COC(=O)CCCCCCCCC)OC(=O)CCCCCCCCCCCCCCCC(C)C)OC(=O)CCCCCCCCCCCCCCCCCCCCC(C)CC. The highest BCUT2D eigenvalue weighted by atomic mass is 31.2. The van der Waals surface area contributed by atoms with Crippen LogP contribution in [0.25, 0.3) is 0 Å². The van der Waals surface area contributed by atoms with Crippen molar-refractivity contribution in [3.05, 3.63) is 0 Å². The van der Waals surface area contributed by atoms with Crippen molar-refractivity contribution in [3.63, 3.8) is 0 Å². The minimum absolute atomic E-state index is 0.107. The average molecular weight is 1490 g/mol. The Morgan fingerprint density at radius 2 is 0.500 bits per heavy atom. The highest BCUT2D eigenvalue weighted by molar-refractivity contribution is 7.47. The molecule has 0 amide bonds. The summed E-state index contributed by atoms with van der Waals surface area (Å²) in [5.41, 5.74) is 0. The maximum absolute atomic E-state index is 13.1. The lowest BCUT2D eigenvalue weighted by Gasteiger charge is -2.21. The molecule has 0 aliphatic rings. The third-order valence-corrected chi connectivity index (χ3v) is 21.7. The van der Waals surface area contributed by atoms with Crippen molar-refractivity contribution < 1.29 is 80.2 Å². The van der Waals surface area contributed by atoms with Crippen LogP contribution in [-0.4, -0.2) is 96.7 Å². The van der Waals surface area contributed by atoms with Gasteiger partial charge in [0.25, 0.3) is 0 Å². The molecule has 0 aliphatic heterocycles. The standard InChI is InChI=1S/C83H162O17P2/c1-7-10-12-14-16-17-18-19-20-23-27-32-37-42-48-54-60-66-81(86)94-72-79(100-83(88)67-61-55-49-43-38-33-28-25-22-21-24-26-31-36-41-47-52-58-64-76(6)9-3)74-98-102(91,92)96-70-77(84)69-95-101(89,90)97-73-78(71-93-80(85)65-59-53-45-15-13-11-8-2)99-82(87)68-62-56-50-44-39-34-29-30-35-40-46-51-57-63-75(4)5/h75-79,84H,7-74H2,1-6H3,(H,89,90)(H,91,92)/t76?,77-,78+,79+/m0/s1. The fourth-order valence-corrected chi connectivity index (χ4v) is 14.4. The molecule has 17 nitrogen and oxygen atoms in total. The molecular formula is C83H162O17P2. The summed E-state index contributed by atoms with van der Waals surface area (Å²) in [7, 11) is -9.92. The van der Waals surface area contributed by atoms with Gasteiger partial charge in [0.2, 0.25) is 0 Å². The van der Waals surface area contributed by atoms with Gasteiger partial charge < -0.3 is 33.8 Å². The Balaban J connectivity index is 5.16. The van der Waals surface area contributed by atoms with Gasteiger partial charge in [-0.25, -0.2) is 9.13 Å². The zero-order valence-corrected chi connectivity index (χ0v) is 68.7. The number of phosphoric acid groups is 2. The molecule has 0 saturated heterocycles. The van der Waals surface area contributed by atoms with Crippen molar-refractivity contribution >= 4 is 39.5 Å². The fraction of sp³-hybridized carbons (Fsp3) is 0.952. The molecule has 0 fully saturated rings. The number of carbonyl (C=O) groups is 4. The molecule has 0 aromatic carbocycles. The van der Waals surface area contributed by atoms with Crippen LogP contribution in [0.2, 0.25) is 0 Å². The van der Waals surface area contributed by atoms with E-state index in [9.17, 15) is 43.2 Å². The number of ether oxygens (including phenoxy) is 4. The van der Waals surface area contributed by atoms with Gasteiger partial charge in [-0.3, -0.25) is 37.3 Å². The predicted octanol–water partition coefficient (Wildman–Crippen LogP) is 25.1. The number of hydrogen-bond acceptors (Lipinski definition) is 15. The van der Waals surface area contributed by atoms with Gasteiger partial charge in [-0.15, -0.1) is 0 Å². The molecule has 0 aromatic heterocycles. The molecule has 0 aliphatic carbocycles. The Hall–Kier alpha value is -1.94. The first kappa shape index (κ1) is 100. The number of aliphatic hydroxyl groups is 1. The van der Waals surface area contributed by atoms with Gasteiger partial charge >= 0.3 is 39.5 Å². The Morgan fingerprint density at radius 1 is 0.284 bits per heavy atom. The van der Waals surface area contributed by atoms with Crippen molar-refractivity contribution in [2.45, 2.75) is 458 Å². The summed E-state index contributed by atoms with van der Waals surface area (Å²) in [4.78, 5) is 72.9. The lowest BCUT2D eigenvalue weighted by Crippen LogP contribution is -2.30. The molecule has 3 N–H and O–H groups in total. The van der Waals surface area contributed by atoms with E-state index in [1.165, 1.54) is 244 Å². The van der Waals surface area contributed by atoms with E-state index in [1.54, 1.807) is 0 Å². The monoisotopic (exact) mass is 1490 g/mol. The lowest BCUT2D eigenvalue weighted by atomic mass is 9.99. The molecule has 102 heavy (non-hydrogen) atoms. The van der Waals surface area contributed by atoms with E-state index in [1.807, 2.05) is 0 Å². The van der Waals surface area contributed by atoms with Crippen LogP contribution < -0.4 is 0 Å². The molecule has 0 radical (unpaired) electrons. The molecule has 0 rings (SSSR count). The number of esters is 4. The Bertz CT molecular complexity index is 1960. The van der Waals surface area contributed by atoms with Gasteiger partial charge in [-0.05, 0) is 37.5 Å². The van der Waals surface area contributed by atoms with Gasteiger partial charge in [0.1, 0.15) is 19.3 Å². The maximum atomic E-state index is 13.1. The molecule has 0 spiro atoms. The van der Waals surface area contributed by atoms with Crippen LogP contribution in [0.3, 0.4) is 0 Å².